The van der Waals surface area contributed by atoms with Gasteiger partial charge in [0.05, 0.1) is 17.4 Å². The molecule has 0 saturated heterocycles. The predicted octanol–water partition coefficient (Wildman–Crippen LogP) is 1.83. The lowest BCUT2D eigenvalue weighted by molar-refractivity contribution is -0.118. The van der Waals surface area contributed by atoms with Gasteiger partial charge in [0.15, 0.2) is 5.82 Å². The summed E-state index contributed by atoms with van der Waals surface area (Å²) in [5, 5.41) is 6.85. The van der Waals surface area contributed by atoms with Gasteiger partial charge in [-0.3, -0.25) is 19.2 Å². The highest BCUT2D eigenvalue weighted by molar-refractivity contribution is 6.16. The van der Waals surface area contributed by atoms with E-state index in [9.17, 15) is 9.59 Å². The Kier molecular flexibility index (Phi) is 3.85. The summed E-state index contributed by atoms with van der Waals surface area (Å²) in [6.07, 6.45) is 5.54. The minimum Gasteiger partial charge on any atom is -0.307 e. The van der Waals surface area contributed by atoms with E-state index in [1.165, 1.54) is 6.20 Å². The molecule has 3 heterocycles. The first-order valence-electron chi connectivity index (χ1n) is 7.61. The monoisotopic (exact) mass is 313 g/mol. The van der Waals surface area contributed by atoms with Gasteiger partial charge in [0.1, 0.15) is 6.04 Å². The van der Waals surface area contributed by atoms with E-state index >= 15 is 0 Å². The number of aromatic nitrogens is 3. The summed E-state index contributed by atoms with van der Waals surface area (Å²) in [6, 6.07) is 2.99. The quantitative estimate of drug-likeness (QED) is 0.937. The van der Waals surface area contributed by atoms with Crippen LogP contribution in [0, 0.1) is 5.92 Å². The van der Waals surface area contributed by atoms with Crippen molar-refractivity contribution in [2.24, 2.45) is 13.0 Å². The first-order valence-corrected chi connectivity index (χ1v) is 7.61. The Morgan fingerprint density at radius 3 is 2.91 bits per heavy atom. The van der Waals surface area contributed by atoms with Gasteiger partial charge in [0.2, 0.25) is 5.91 Å². The van der Waals surface area contributed by atoms with Crippen LogP contribution in [0.3, 0.4) is 0 Å². The molecule has 0 bridgehead atoms. The van der Waals surface area contributed by atoms with Crippen LogP contribution >= 0.6 is 0 Å². The lowest BCUT2D eigenvalue weighted by Gasteiger charge is -2.38. The number of hydrogen-bond acceptors (Lipinski definition) is 4. The van der Waals surface area contributed by atoms with Crippen LogP contribution in [0.15, 0.2) is 30.7 Å². The van der Waals surface area contributed by atoms with Crippen molar-refractivity contribution >= 4 is 23.3 Å². The van der Waals surface area contributed by atoms with E-state index in [1.807, 2.05) is 13.8 Å². The van der Waals surface area contributed by atoms with E-state index in [4.69, 9.17) is 0 Å². The summed E-state index contributed by atoms with van der Waals surface area (Å²) in [5.74, 6) is -0.0199. The summed E-state index contributed by atoms with van der Waals surface area (Å²) in [7, 11) is 1.75. The Morgan fingerprint density at radius 2 is 2.26 bits per heavy atom. The number of carbonyl (C=O) groups excluding carboxylic acids is 2. The number of fused-ring (bicyclic) bond motifs is 1. The molecule has 1 unspecified atom stereocenters. The molecule has 2 amide bonds. The third kappa shape index (κ3) is 2.58. The minimum absolute atomic E-state index is 0.0176. The molecule has 0 radical (unpaired) electrons. The second kappa shape index (κ2) is 5.83. The zero-order valence-corrected chi connectivity index (χ0v) is 13.4. The average molecular weight is 313 g/mol. The number of rotatable bonds is 3. The van der Waals surface area contributed by atoms with Gasteiger partial charge in [0, 0.05) is 19.4 Å². The van der Waals surface area contributed by atoms with E-state index in [2.05, 4.69) is 15.4 Å². The van der Waals surface area contributed by atoms with E-state index < -0.39 is 6.04 Å². The van der Waals surface area contributed by atoms with Gasteiger partial charge in [-0.1, -0.05) is 20.3 Å². The Morgan fingerprint density at radius 1 is 1.48 bits per heavy atom. The van der Waals surface area contributed by atoms with Gasteiger partial charge in [-0.2, -0.15) is 5.10 Å². The van der Waals surface area contributed by atoms with Crippen LogP contribution in [0.4, 0.5) is 11.5 Å². The maximum atomic E-state index is 13.0. The number of carbonyl (C=O) groups is 2. The van der Waals surface area contributed by atoms with Crippen LogP contribution in [-0.2, 0) is 11.8 Å². The molecule has 2 aromatic rings. The number of amides is 2. The van der Waals surface area contributed by atoms with E-state index in [1.54, 1.807) is 41.2 Å². The van der Waals surface area contributed by atoms with Crippen LogP contribution in [0.25, 0.3) is 0 Å². The molecule has 120 valence electrons. The van der Waals surface area contributed by atoms with Crippen LogP contribution < -0.4 is 10.2 Å². The predicted molar refractivity (Wildman–Crippen MR) is 86.1 cm³/mol. The van der Waals surface area contributed by atoms with Crippen molar-refractivity contribution in [1.29, 1.82) is 0 Å². The molecule has 23 heavy (non-hydrogen) atoms. The van der Waals surface area contributed by atoms with Gasteiger partial charge in [-0.15, -0.1) is 0 Å². The second-order valence-corrected chi connectivity index (χ2v) is 5.77. The smallest absolute Gasteiger partial charge is 0.262 e. The summed E-state index contributed by atoms with van der Waals surface area (Å²) < 4.78 is 1.57. The first-order chi connectivity index (χ1) is 11.0. The van der Waals surface area contributed by atoms with Gasteiger partial charge < -0.3 is 5.32 Å². The van der Waals surface area contributed by atoms with E-state index in [-0.39, 0.29) is 17.7 Å². The summed E-state index contributed by atoms with van der Waals surface area (Å²) in [6.45, 7) is 3.97. The summed E-state index contributed by atoms with van der Waals surface area (Å²) in [5.41, 5.74) is 1.07. The van der Waals surface area contributed by atoms with Crippen LogP contribution in [-0.4, -0.2) is 32.6 Å². The molecule has 3 rings (SSSR count). The lowest BCUT2D eigenvalue weighted by atomic mass is 9.94. The molecule has 2 atom stereocenters. The minimum atomic E-state index is -0.565. The van der Waals surface area contributed by atoms with Crippen LogP contribution in [0.2, 0.25) is 0 Å². The van der Waals surface area contributed by atoms with E-state index in [0.29, 0.717) is 17.1 Å². The topological polar surface area (TPSA) is 80.1 Å². The number of hydrogen-bond donors (Lipinski definition) is 1. The van der Waals surface area contributed by atoms with Gasteiger partial charge in [-0.25, -0.2) is 4.98 Å². The summed E-state index contributed by atoms with van der Waals surface area (Å²) >= 11 is 0. The molecule has 0 aromatic carbocycles. The fourth-order valence-electron chi connectivity index (χ4n) is 2.79. The Labute approximate surface area is 134 Å². The molecular formula is C16H19N5O2. The molecule has 7 nitrogen and oxygen atoms in total. The maximum absolute atomic E-state index is 13.0. The lowest BCUT2D eigenvalue weighted by Crippen LogP contribution is -2.54. The molecule has 1 aliphatic heterocycles. The van der Waals surface area contributed by atoms with E-state index in [0.717, 1.165) is 6.42 Å². The van der Waals surface area contributed by atoms with Crippen molar-refractivity contribution in [1.82, 2.24) is 14.8 Å². The largest absolute Gasteiger partial charge is 0.307 e. The Bertz CT molecular complexity index is 754. The average Bonchev–Trinajstić information content (AvgIpc) is 2.98. The molecule has 1 aliphatic rings. The van der Waals surface area contributed by atoms with Crippen LogP contribution in [0.5, 0.6) is 0 Å². The maximum Gasteiger partial charge on any atom is 0.262 e. The fraction of sp³-hybridized carbons (Fsp3) is 0.375. The standard InChI is InChI=1S/C16H19N5O2/c1-4-10(2)13-15(22)19-14-12(6-5-7-17-14)21(13)16(23)11-8-18-20(3)9-11/h5-10,13H,4H2,1-3H3,(H,17,19,22)/t10?,13-/m0/s1. The number of pyridine rings is 1. The van der Waals surface area contributed by atoms with Gasteiger partial charge in [-0.05, 0) is 18.1 Å². The van der Waals surface area contributed by atoms with Crippen molar-refractivity contribution in [2.75, 3.05) is 10.2 Å². The van der Waals surface area contributed by atoms with Gasteiger partial charge in [0.25, 0.3) is 5.91 Å². The third-order valence-corrected chi connectivity index (χ3v) is 4.19. The number of nitrogens with zero attached hydrogens (tertiary/aromatic N) is 4. The van der Waals surface area contributed by atoms with Gasteiger partial charge >= 0.3 is 0 Å². The highest BCUT2D eigenvalue weighted by atomic mass is 16.2. The SMILES string of the molecule is CCC(C)[C@H]1C(=O)Nc2ncccc2N1C(=O)c1cnn(C)c1. The zero-order chi connectivity index (χ0) is 16.6. The molecule has 7 heteroatoms. The van der Waals surface area contributed by atoms with Crippen molar-refractivity contribution in [3.63, 3.8) is 0 Å². The van der Waals surface area contributed by atoms with Crippen molar-refractivity contribution in [3.8, 4) is 0 Å². The molecular weight excluding hydrogens is 294 g/mol. The van der Waals surface area contributed by atoms with Crippen molar-refractivity contribution < 1.29 is 9.59 Å². The zero-order valence-electron chi connectivity index (χ0n) is 13.4. The number of anilines is 2. The van der Waals surface area contributed by atoms with Crippen LogP contribution in [0.1, 0.15) is 30.6 Å². The highest BCUT2D eigenvalue weighted by Crippen LogP contribution is 2.34. The Hall–Kier alpha value is -2.70. The Balaban J connectivity index is 2.10. The molecule has 1 N–H and O–H groups in total. The molecule has 0 aliphatic carbocycles. The number of aryl methyl sites for hydroxylation is 1. The molecule has 0 fully saturated rings. The van der Waals surface area contributed by atoms with Crippen molar-refractivity contribution in [2.45, 2.75) is 26.3 Å². The second-order valence-electron chi connectivity index (χ2n) is 5.77. The molecule has 2 aromatic heterocycles. The molecule has 0 saturated carbocycles. The number of nitrogens with one attached hydrogen (secondary N) is 1. The third-order valence-electron chi connectivity index (χ3n) is 4.19. The summed E-state index contributed by atoms with van der Waals surface area (Å²) in [4.78, 5) is 31.3. The molecule has 0 spiro atoms. The highest BCUT2D eigenvalue weighted by Gasteiger charge is 2.40. The first kappa shape index (κ1) is 15.2. The fourth-order valence-corrected chi connectivity index (χ4v) is 2.79. The normalized spacial score (nSPS) is 18.3. The van der Waals surface area contributed by atoms with Crippen molar-refractivity contribution in [3.05, 3.63) is 36.3 Å².